The fraction of sp³-hybridized carbons (Fsp3) is 0. The number of hydrogen-bond acceptors (Lipinski definition) is 2. The molecule has 0 bridgehead atoms. The van der Waals surface area contributed by atoms with Crippen LogP contribution in [0.25, 0.3) is 80.8 Å². The van der Waals surface area contributed by atoms with Crippen molar-refractivity contribution in [3.63, 3.8) is 0 Å². The summed E-state index contributed by atoms with van der Waals surface area (Å²) < 4.78 is 4.96. The van der Waals surface area contributed by atoms with Gasteiger partial charge in [0, 0.05) is 53.8 Å². The van der Waals surface area contributed by atoms with E-state index in [0.717, 1.165) is 11.1 Å². The van der Waals surface area contributed by atoms with Gasteiger partial charge in [0.1, 0.15) is 0 Å². The van der Waals surface area contributed by atoms with E-state index in [4.69, 9.17) is 4.98 Å². The minimum absolute atomic E-state index is 1.02. The first kappa shape index (κ1) is 23.5. The zero-order valence-corrected chi connectivity index (χ0v) is 23.5. The molecular formula is C39H24N2S. The molecule has 2 nitrogen and oxygen atoms in total. The largest absolute Gasteiger partial charge is 0.309 e. The molecule has 0 aliphatic heterocycles. The van der Waals surface area contributed by atoms with Crippen LogP contribution in [0.4, 0.5) is 0 Å². The maximum absolute atomic E-state index is 4.86. The summed E-state index contributed by atoms with van der Waals surface area (Å²) in [5.74, 6) is 0. The van der Waals surface area contributed by atoms with Crippen molar-refractivity contribution in [2.45, 2.75) is 0 Å². The highest BCUT2D eigenvalue weighted by atomic mass is 32.1. The molecule has 0 spiro atoms. The number of fused-ring (bicyclic) bond motifs is 7. The monoisotopic (exact) mass is 552 g/mol. The molecule has 0 saturated carbocycles. The van der Waals surface area contributed by atoms with E-state index >= 15 is 0 Å². The Morgan fingerprint density at radius 1 is 0.524 bits per heavy atom. The van der Waals surface area contributed by atoms with Crippen LogP contribution in [-0.4, -0.2) is 9.55 Å². The van der Waals surface area contributed by atoms with Gasteiger partial charge in [-0.05, 0) is 52.9 Å². The first-order valence-corrected chi connectivity index (χ1v) is 15.0. The molecule has 0 unspecified atom stereocenters. The summed E-state index contributed by atoms with van der Waals surface area (Å²) in [6.45, 7) is 0. The van der Waals surface area contributed by atoms with Gasteiger partial charge in [0.15, 0.2) is 0 Å². The van der Waals surface area contributed by atoms with Crippen LogP contribution < -0.4 is 0 Å². The third-order valence-electron chi connectivity index (χ3n) is 8.43. The Kier molecular flexibility index (Phi) is 5.10. The molecule has 0 radical (unpaired) electrons. The topological polar surface area (TPSA) is 17.8 Å². The number of para-hydroxylation sites is 2. The zero-order chi connectivity index (χ0) is 27.6. The number of thiophene rings is 1. The highest BCUT2D eigenvalue weighted by Crippen LogP contribution is 2.43. The Morgan fingerprint density at radius 3 is 2.19 bits per heavy atom. The number of aromatic nitrogens is 2. The van der Waals surface area contributed by atoms with Gasteiger partial charge in [-0.2, -0.15) is 0 Å². The first-order chi connectivity index (χ1) is 20.8. The molecular weight excluding hydrogens is 529 g/mol. The van der Waals surface area contributed by atoms with E-state index in [1.807, 2.05) is 17.5 Å². The van der Waals surface area contributed by atoms with Crippen LogP contribution in [-0.2, 0) is 0 Å². The van der Waals surface area contributed by atoms with Gasteiger partial charge in [-0.1, -0.05) is 103 Å². The van der Waals surface area contributed by atoms with Gasteiger partial charge in [0.25, 0.3) is 0 Å². The minimum atomic E-state index is 1.02. The molecule has 3 aromatic heterocycles. The molecule has 9 rings (SSSR count). The van der Waals surface area contributed by atoms with E-state index in [9.17, 15) is 0 Å². The second kappa shape index (κ2) is 9.13. The summed E-state index contributed by atoms with van der Waals surface area (Å²) in [5, 5.41) is 7.52. The van der Waals surface area contributed by atoms with Gasteiger partial charge >= 0.3 is 0 Å². The fourth-order valence-electron chi connectivity index (χ4n) is 6.51. The molecule has 0 aliphatic carbocycles. The maximum atomic E-state index is 4.86. The van der Waals surface area contributed by atoms with Gasteiger partial charge in [-0.3, -0.25) is 4.98 Å². The van der Waals surface area contributed by atoms with Crippen molar-refractivity contribution in [3.8, 4) is 28.1 Å². The van der Waals surface area contributed by atoms with Crippen LogP contribution in [0.15, 0.2) is 146 Å². The van der Waals surface area contributed by atoms with Gasteiger partial charge in [-0.15, -0.1) is 11.3 Å². The maximum Gasteiger partial charge on any atom is 0.0722 e. The third kappa shape index (κ3) is 3.47. The molecule has 6 aromatic carbocycles. The van der Waals surface area contributed by atoms with Crippen LogP contribution in [0.3, 0.4) is 0 Å². The molecule has 9 aromatic rings. The van der Waals surface area contributed by atoms with Gasteiger partial charge in [-0.25, -0.2) is 0 Å². The number of rotatable bonds is 3. The summed E-state index contributed by atoms with van der Waals surface area (Å²) in [7, 11) is 0. The smallest absolute Gasteiger partial charge is 0.0722 e. The number of benzene rings is 6. The predicted octanol–water partition coefficient (Wildman–Crippen LogP) is 11.0. The molecule has 0 atom stereocenters. The van der Waals surface area contributed by atoms with Crippen molar-refractivity contribution < 1.29 is 0 Å². The second-order valence-corrected chi connectivity index (χ2v) is 11.9. The van der Waals surface area contributed by atoms with Crippen molar-refractivity contribution in [2.24, 2.45) is 0 Å². The van der Waals surface area contributed by atoms with Crippen LogP contribution in [0.1, 0.15) is 0 Å². The van der Waals surface area contributed by atoms with Crippen molar-refractivity contribution in [1.29, 1.82) is 0 Å². The van der Waals surface area contributed by atoms with E-state index in [2.05, 4.69) is 144 Å². The van der Waals surface area contributed by atoms with Crippen LogP contribution in [0.2, 0.25) is 0 Å². The van der Waals surface area contributed by atoms with Crippen LogP contribution in [0.5, 0.6) is 0 Å². The lowest BCUT2D eigenvalue weighted by atomic mass is 9.98. The average molecular weight is 553 g/mol. The Bertz CT molecular complexity index is 2470. The minimum Gasteiger partial charge on any atom is -0.309 e. The van der Waals surface area contributed by atoms with E-state index in [0.29, 0.717) is 0 Å². The Hall–Kier alpha value is -5.25. The van der Waals surface area contributed by atoms with E-state index < -0.39 is 0 Å². The molecule has 42 heavy (non-hydrogen) atoms. The molecule has 196 valence electrons. The van der Waals surface area contributed by atoms with Crippen molar-refractivity contribution >= 4 is 64.1 Å². The van der Waals surface area contributed by atoms with Crippen LogP contribution in [0, 0.1) is 0 Å². The normalized spacial score (nSPS) is 11.8. The highest BCUT2D eigenvalue weighted by Gasteiger charge is 2.17. The molecule has 0 aliphatic rings. The van der Waals surface area contributed by atoms with E-state index in [-0.39, 0.29) is 0 Å². The third-order valence-corrected chi connectivity index (χ3v) is 9.63. The first-order valence-electron chi connectivity index (χ1n) is 14.2. The molecule has 3 heterocycles. The number of hydrogen-bond donors (Lipinski definition) is 0. The standard InChI is InChI=1S/C39H24N2S/c1-2-12-28(13-3-1)41-35-18-7-6-14-33(35)38-29(15-9-19-36(38)41)26-20-21-30-31-16-8-17-32(39(31)42-37(30)23-26)34-22-25-10-4-5-11-27(25)24-40-34/h1-24H. The number of nitrogens with zero attached hydrogens (tertiary/aromatic N) is 2. The number of pyridine rings is 1. The summed E-state index contributed by atoms with van der Waals surface area (Å²) >= 11 is 1.86. The summed E-state index contributed by atoms with van der Waals surface area (Å²) in [5.41, 5.74) is 8.33. The van der Waals surface area contributed by atoms with Gasteiger partial charge in [0.05, 0.1) is 16.7 Å². The Labute approximate surface area is 246 Å². The van der Waals surface area contributed by atoms with Gasteiger partial charge < -0.3 is 4.57 Å². The second-order valence-electron chi connectivity index (χ2n) is 10.8. The van der Waals surface area contributed by atoms with Crippen molar-refractivity contribution in [1.82, 2.24) is 9.55 Å². The Morgan fingerprint density at radius 2 is 1.26 bits per heavy atom. The molecule has 0 N–H and O–H groups in total. The van der Waals surface area contributed by atoms with E-state index in [1.54, 1.807) is 0 Å². The van der Waals surface area contributed by atoms with Crippen LogP contribution >= 0.6 is 11.3 Å². The summed E-state index contributed by atoms with van der Waals surface area (Å²) in [6, 6.07) is 50.3. The predicted molar refractivity (Wildman–Crippen MR) is 180 cm³/mol. The SMILES string of the molecule is c1ccc(-n2c3ccccc3c3c(-c4ccc5c(c4)sc4c(-c6cc7ccccc7cn6)cccc45)cccc32)cc1. The summed E-state index contributed by atoms with van der Waals surface area (Å²) in [6.07, 6.45) is 1.99. The molecule has 0 amide bonds. The van der Waals surface area contributed by atoms with Crippen molar-refractivity contribution in [3.05, 3.63) is 146 Å². The summed E-state index contributed by atoms with van der Waals surface area (Å²) in [4.78, 5) is 4.86. The fourth-order valence-corrected chi connectivity index (χ4v) is 7.78. The van der Waals surface area contributed by atoms with Gasteiger partial charge in [0.2, 0.25) is 0 Å². The molecule has 0 saturated heterocycles. The lowest BCUT2D eigenvalue weighted by molar-refractivity contribution is 1.18. The Balaban J connectivity index is 1.26. The zero-order valence-electron chi connectivity index (χ0n) is 22.7. The highest BCUT2D eigenvalue weighted by molar-refractivity contribution is 7.26. The quantitative estimate of drug-likeness (QED) is 0.213. The lowest BCUT2D eigenvalue weighted by Crippen LogP contribution is -1.92. The molecule has 3 heteroatoms. The molecule has 0 fully saturated rings. The van der Waals surface area contributed by atoms with E-state index in [1.165, 1.54) is 69.7 Å². The van der Waals surface area contributed by atoms with Crippen molar-refractivity contribution in [2.75, 3.05) is 0 Å². The lowest BCUT2D eigenvalue weighted by Gasteiger charge is -2.08. The average Bonchev–Trinajstić information content (AvgIpc) is 3.60.